The van der Waals surface area contributed by atoms with Crippen LogP contribution in [0.1, 0.15) is 5.82 Å². The number of ether oxygens (including phenoxy) is 2. The standard InChI is InChI=1S/C22H23F3N4O2/c1-30-16-6-8-17(9-7-16)31-15-14-28-10-12-29(13-11-28)20-18-4-2-3-5-19(18)26-21(27-20)22(23,24)25/h2-9H,10-15H2,1H3. The highest BCUT2D eigenvalue weighted by molar-refractivity contribution is 5.89. The number of hydrogen-bond donors (Lipinski definition) is 0. The fraction of sp³-hybridized carbons (Fsp3) is 0.364. The normalized spacial score (nSPS) is 15.3. The Bertz CT molecular complexity index is 1020. The van der Waals surface area contributed by atoms with Crippen LogP contribution in [0.3, 0.4) is 0 Å². The minimum Gasteiger partial charge on any atom is -0.497 e. The predicted molar refractivity (Wildman–Crippen MR) is 112 cm³/mol. The van der Waals surface area contributed by atoms with Crippen molar-refractivity contribution in [1.82, 2.24) is 14.9 Å². The summed E-state index contributed by atoms with van der Waals surface area (Å²) in [5.41, 5.74) is 0.301. The Balaban J connectivity index is 1.37. The lowest BCUT2D eigenvalue weighted by molar-refractivity contribution is -0.144. The number of halogens is 3. The van der Waals surface area contributed by atoms with E-state index in [2.05, 4.69) is 14.9 Å². The number of aromatic nitrogens is 2. The van der Waals surface area contributed by atoms with Crippen LogP contribution in [-0.2, 0) is 6.18 Å². The van der Waals surface area contributed by atoms with Crippen LogP contribution in [0.2, 0.25) is 0 Å². The van der Waals surface area contributed by atoms with Gasteiger partial charge in [0.25, 0.3) is 0 Å². The van der Waals surface area contributed by atoms with Gasteiger partial charge in [0, 0.05) is 38.1 Å². The molecule has 0 bridgehead atoms. The molecule has 164 valence electrons. The molecule has 4 rings (SSSR count). The summed E-state index contributed by atoms with van der Waals surface area (Å²) in [6.45, 7) is 3.86. The molecule has 0 unspecified atom stereocenters. The van der Waals surface area contributed by atoms with E-state index in [4.69, 9.17) is 9.47 Å². The highest BCUT2D eigenvalue weighted by atomic mass is 19.4. The van der Waals surface area contributed by atoms with Gasteiger partial charge in [-0.05, 0) is 36.4 Å². The van der Waals surface area contributed by atoms with Crippen LogP contribution < -0.4 is 14.4 Å². The third kappa shape index (κ3) is 4.99. The zero-order chi connectivity index (χ0) is 21.8. The predicted octanol–water partition coefficient (Wildman–Crippen LogP) is 3.86. The second-order valence-corrected chi connectivity index (χ2v) is 7.24. The molecule has 9 heteroatoms. The zero-order valence-electron chi connectivity index (χ0n) is 17.1. The number of benzene rings is 2. The highest BCUT2D eigenvalue weighted by Crippen LogP contribution is 2.32. The lowest BCUT2D eigenvalue weighted by Crippen LogP contribution is -2.48. The molecule has 6 nitrogen and oxygen atoms in total. The smallest absolute Gasteiger partial charge is 0.451 e. The lowest BCUT2D eigenvalue weighted by Gasteiger charge is -2.35. The van der Waals surface area contributed by atoms with Crippen molar-refractivity contribution in [3.05, 3.63) is 54.4 Å². The molecule has 0 radical (unpaired) electrons. The van der Waals surface area contributed by atoms with Gasteiger partial charge in [0.15, 0.2) is 0 Å². The second-order valence-electron chi connectivity index (χ2n) is 7.24. The molecule has 3 aromatic rings. The van der Waals surface area contributed by atoms with E-state index in [0.29, 0.717) is 49.5 Å². The van der Waals surface area contributed by atoms with Crippen molar-refractivity contribution in [3.8, 4) is 11.5 Å². The summed E-state index contributed by atoms with van der Waals surface area (Å²) in [7, 11) is 1.61. The number of piperazine rings is 1. The number of alkyl halides is 3. The summed E-state index contributed by atoms with van der Waals surface area (Å²) in [6.07, 6.45) is -4.58. The molecule has 0 amide bonds. The SMILES string of the molecule is COc1ccc(OCCN2CCN(c3nc(C(F)(F)F)nc4ccccc34)CC2)cc1. The maximum atomic E-state index is 13.3. The largest absolute Gasteiger partial charge is 0.497 e. The van der Waals surface area contributed by atoms with E-state index in [1.165, 1.54) is 0 Å². The monoisotopic (exact) mass is 432 g/mol. The quantitative estimate of drug-likeness (QED) is 0.590. The van der Waals surface area contributed by atoms with E-state index in [-0.39, 0.29) is 0 Å². The first-order valence-corrected chi connectivity index (χ1v) is 10.0. The molecule has 1 saturated heterocycles. The van der Waals surface area contributed by atoms with Crippen LogP contribution in [0, 0.1) is 0 Å². The fourth-order valence-corrected chi connectivity index (χ4v) is 3.58. The van der Waals surface area contributed by atoms with Crippen molar-refractivity contribution in [3.63, 3.8) is 0 Å². The van der Waals surface area contributed by atoms with Gasteiger partial charge in [-0.2, -0.15) is 13.2 Å². The first kappa shape index (κ1) is 21.2. The maximum absolute atomic E-state index is 13.3. The van der Waals surface area contributed by atoms with Gasteiger partial charge < -0.3 is 14.4 Å². The topological polar surface area (TPSA) is 50.7 Å². The van der Waals surface area contributed by atoms with Crippen LogP contribution >= 0.6 is 0 Å². The van der Waals surface area contributed by atoms with Gasteiger partial charge in [0.05, 0.1) is 12.6 Å². The number of para-hydroxylation sites is 1. The number of hydrogen-bond acceptors (Lipinski definition) is 6. The molecular weight excluding hydrogens is 409 g/mol. The Morgan fingerprint density at radius 2 is 1.58 bits per heavy atom. The van der Waals surface area contributed by atoms with Gasteiger partial charge in [-0.1, -0.05) is 12.1 Å². The summed E-state index contributed by atoms with van der Waals surface area (Å²) in [5, 5.41) is 0.631. The van der Waals surface area contributed by atoms with Gasteiger partial charge in [0.2, 0.25) is 5.82 Å². The van der Waals surface area contributed by atoms with E-state index < -0.39 is 12.0 Å². The Morgan fingerprint density at radius 1 is 0.903 bits per heavy atom. The molecule has 2 heterocycles. The molecule has 1 aliphatic heterocycles. The lowest BCUT2D eigenvalue weighted by atomic mass is 10.2. The minimum atomic E-state index is -4.58. The van der Waals surface area contributed by atoms with Crippen molar-refractivity contribution in [1.29, 1.82) is 0 Å². The fourth-order valence-electron chi connectivity index (χ4n) is 3.58. The third-order valence-corrected chi connectivity index (χ3v) is 5.24. The third-order valence-electron chi connectivity index (χ3n) is 5.24. The molecule has 0 aliphatic carbocycles. The average molecular weight is 432 g/mol. The van der Waals surface area contributed by atoms with E-state index >= 15 is 0 Å². The van der Waals surface area contributed by atoms with Crippen LogP contribution in [0.5, 0.6) is 11.5 Å². The van der Waals surface area contributed by atoms with Crippen molar-refractivity contribution in [2.75, 3.05) is 51.3 Å². The Kier molecular flexibility index (Phi) is 6.13. The molecule has 0 saturated carbocycles. The van der Waals surface area contributed by atoms with Crippen molar-refractivity contribution >= 4 is 16.7 Å². The number of nitrogens with zero attached hydrogens (tertiary/aromatic N) is 4. The summed E-state index contributed by atoms with van der Waals surface area (Å²) < 4.78 is 50.7. The molecule has 0 atom stereocenters. The molecular formula is C22H23F3N4O2. The van der Waals surface area contributed by atoms with Gasteiger partial charge in [-0.15, -0.1) is 0 Å². The molecule has 31 heavy (non-hydrogen) atoms. The Labute approximate surface area is 178 Å². The number of fused-ring (bicyclic) bond motifs is 1. The van der Waals surface area contributed by atoms with Crippen molar-refractivity contribution in [2.24, 2.45) is 0 Å². The van der Waals surface area contributed by atoms with Crippen LogP contribution in [0.4, 0.5) is 19.0 Å². The zero-order valence-corrected chi connectivity index (χ0v) is 17.1. The first-order chi connectivity index (χ1) is 14.9. The van der Waals surface area contributed by atoms with Crippen LogP contribution in [-0.4, -0.2) is 61.3 Å². The van der Waals surface area contributed by atoms with E-state index in [1.807, 2.05) is 29.2 Å². The number of anilines is 1. The molecule has 2 aromatic carbocycles. The summed E-state index contributed by atoms with van der Waals surface area (Å²) >= 11 is 0. The molecule has 1 fully saturated rings. The summed E-state index contributed by atoms with van der Waals surface area (Å²) in [4.78, 5) is 11.7. The summed E-state index contributed by atoms with van der Waals surface area (Å²) in [5.74, 6) is 0.782. The number of rotatable bonds is 6. The molecule has 1 aromatic heterocycles. The number of methoxy groups -OCH3 is 1. The Hall–Kier alpha value is -3.07. The molecule has 1 aliphatic rings. The van der Waals surface area contributed by atoms with Crippen LogP contribution in [0.15, 0.2) is 48.5 Å². The van der Waals surface area contributed by atoms with Crippen molar-refractivity contribution < 1.29 is 22.6 Å². The Morgan fingerprint density at radius 3 is 2.26 bits per heavy atom. The molecule has 0 N–H and O–H groups in total. The van der Waals surface area contributed by atoms with Gasteiger partial charge in [-0.25, -0.2) is 9.97 Å². The highest BCUT2D eigenvalue weighted by Gasteiger charge is 2.36. The van der Waals surface area contributed by atoms with Crippen LogP contribution in [0.25, 0.3) is 10.9 Å². The molecule has 0 spiro atoms. The van der Waals surface area contributed by atoms with Gasteiger partial charge >= 0.3 is 6.18 Å². The summed E-state index contributed by atoms with van der Waals surface area (Å²) in [6, 6.07) is 14.2. The van der Waals surface area contributed by atoms with E-state index in [0.717, 1.165) is 18.0 Å². The second kappa shape index (κ2) is 8.97. The average Bonchev–Trinajstić information content (AvgIpc) is 2.79. The van der Waals surface area contributed by atoms with Gasteiger partial charge in [-0.3, -0.25) is 4.90 Å². The van der Waals surface area contributed by atoms with E-state index in [9.17, 15) is 13.2 Å². The van der Waals surface area contributed by atoms with Crippen molar-refractivity contribution in [2.45, 2.75) is 6.18 Å². The minimum absolute atomic E-state index is 0.301. The maximum Gasteiger partial charge on any atom is 0.451 e. The van der Waals surface area contributed by atoms with Gasteiger partial charge in [0.1, 0.15) is 23.9 Å². The first-order valence-electron chi connectivity index (χ1n) is 10.0. The van der Waals surface area contributed by atoms with E-state index in [1.54, 1.807) is 31.4 Å².